The molecule has 0 amide bonds. The average Bonchev–Trinajstić information content (AvgIpc) is 2.26. The molecule has 1 fully saturated rings. The Balaban J connectivity index is 2.16. The van der Waals surface area contributed by atoms with Crippen LogP contribution >= 0.6 is 11.6 Å². The lowest BCUT2D eigenvalue weighted by atomic mass is 9.78. The molecule has 2 nitrogen and oxygen atoms in total. The lowest BCUT2D eigenvalue weighted by molar-refractivity contribution is -0.0329. The van der Waals surface area contributed by atoms with Crippen LogP contribution in [0.1, 0.15) is 18.9 Å². The summed E-state index contributed by atoms with van der Waals surface area (Å²) in [7, 11) is 0. The van der Waals surface area contributed by atoms with Crippen LogP contribution in [-0.2, 0) is 6.42 Å². The summed E-state index contributed by atoms with van der Waals surface area (Å²) in [5.41, 5.74) is 0.427. The first-order valence-electron chi connectivity index (χ1n) is 5.78. The fraction of sp³-hybridized carbons (Fsp3) is 0.538. The minimum Gasteiger partial charge on any atom is -0.389 e. The molecular formula is C13H18ClNO. The van der Waals surface area contributed by atoms with Gasteiger partial charge in [-0.1, -0.05) is 36.7 Å². The second kappa shape index (κ2) is 4.74. The van der Waals surface area contributed by atoms with Crippen molar-refractivity contribution < 1.29 is 5.11 Å². The molecule has 1 heterocycles. The Morgan fingerprint density at radius 1 is 1.50 bits per heavy atom. The van der Waals surface area contributed by atoms with Gasteiger partial charge in [0.05, 0.1) is 5.60 Å². The van der Waals surface area contributed by atoms with Crippen molar-refractivity contribution in [2.24, 2.45) is 5.92 Å². The molecule has 2 atom stereocenters. The van der Waals surface area contributed by atoms with Crippen molar-refractivity contribution in [1.29, 1.82) is 0 Å². The Labute approximate surface area is 102 Å². The second-order valence-electron chi connectivity index (χ2n) is 4.73. The Morgan fingerprint density at radius 3 is 2.94 bits per heavy atom. The summed E-state index contributed by atoms with van der Waals surface area (Å²) >= 11 is 6.13. The van der Waals surface area contributed by atoms with Crippen molar-refractivity contribution in [1.82, 2.24) is 5.32 Å². The Morgan fingerprint density at radius 2 is 2.25 bits per heavy atom. The molecule has 1 aliphatic heterocycles. The summed E-state index contributed by atoms with van der Waals surface area (Å²) in [4.78, 5) is 0. The van der Waals surface area contributed by atoms with Crippen molar-refractivity contribution in [3.8, 4) is 0 Å². The fourth-order valence-corrected chi connectivity index (χ4v) is 2.50. The maximum atomic E-state index is 10.6. The van der Waals surface area contributed by atoms with Crippen LogP contribution in [-0.4, -0.2) is 23.8 Å². The van der Waals surface area contributed by atoms with Gasteiger partial charge in [-0.05, 0) is 30.5 Å². The van der Waals surface area contributed by atoms with Gasteiger partial charge in [0.25, 0.3) is 0 Å². The highest BCUT2D eigenvalue weighted by atomic mass is 35.5. The van der Waals surface area contributed by atoms with E-state index in [1.165, 1.54) is 0 Å². The number of nitrogens with one attached hydrogen (secondary N) is 1. The molecule has 0 bridgehead atoms. The van der Waals surface area contributed by atoms with Gasteiger partial charge in [0, 0.05) is 18.0 Å². The molecule has 88 valence electrons. The first-order valence-corrected chi connectivity index (χ1v) is 6.16. The van der Waals surface area contributed by atoms with Crippen LogP contribution in [0.2, 0.25) is 5.02 Å². The lowest BCUT2D eigenvalue weighted by Crippen LogP contribution is -2.50. The fourth-order valence-electron chi connectivity index (χ4n) is 2.29. The van der Waals surface area contributed by atoms with Gasteiger partial charge in [-0.15, -0.1) is 0 Å². The van der Waals surface area contributed by atoms with E-state index in [-0.39, 0.29) is 5.92 Å². The maximum Gasteiger partial charge on any atom is 0.0738 e. The van der Waals surface area contributed by atoms with Crippen LogP contribution < -0.4 is 5.32 Å². The van der Waals surface area contributed by atoms with Gasteiger partial charge >= 0.3 is 0 Å². The molecule has 2 unspecified atom stereocenters. The minimum absolute atomic E-state index is 0.262. The third kappa shape index (κ3) is 2.40. The van der Waals surface area contributed by atoms with Gasteiger partial charge in [0.1, 0.15) is 0 Å². The predicted molar refractivity (Wildman–Crippen MR) is 66.8 cm³/mol. The molecule has 0 aliphatic carbocycles. The molecule has 0 radical (unpaired) electrons. The van der Waals surface area contributed by atoms with Gasteiger partial charge in [0.15, 0.2) is 0 Å². The maximum absolute atomic E-state index is 10.6. The van der Waals surface area contributed by atoms with Gasteiger partial charge < -0.3 is 10.4 Å². The molecule has 0 aromatic heterocycles. The number of piperidine rings is 1. The van der Waals surface area contributed by atoms with E-state index in [4.69, 9.17) is 11.6 Å². The van der Waals surface area contributed by atoms with E-state index in [0.29, 0.717) is 6.42 Å². The third-order valence-corrected chi connectivity index (χ3v) is 3.93. The van der Waals surface area contributed by atoms with E-state index >= 15 is 0 Å². The Kier molecular flexibility index (Phi) is 3.53. The number of hydrogen-bond donors (Lipinski definition) is 2. The number of rotatable bonds is 2. The normalized spacial score (nSPS) is 30.3. The molecule has 0 saturated carbocycles. The highest BCUT2D eigenvalue weighted by Gasteiger charge is 2.36. The smallest absolute Gasteiger partial charge is 0.0738 e. The molecule has 3 heteroatoms. The molecular weight excluding hydrogens is 222 g/mol. The van der Waals surface area contributed by atoms with Crippen molar-refractivity contribution in [2.75, 3.05) is 13.1 Å². The van der Waals surface area contributed by atoms with E-state index in [9.17, 15) is 5.11 Å². The predicted octanol–water partition coefficient (Wildman–Crippen LogP) is 2.24. The van der Waals surface area contributed by atoms with Crippen molar-refractivity contribution >= 4 is 11.6 Å². The number of aliphatic hydroxyl groups is 1. The molecule has 1 aromatic carbocycles. The highest BCUT2D eigenvalue weighted by molar-refractivity contribution is 6.31. The summed E-state index contributed by atoms with van der Waals surface area (Å²) in [6.45, 7) is 3.84. The van der Waals surface area contributed by atoms with Gasteiger partial charge in [-0.3, -0.25) is 0 Å². The average molecular weight is 240 g/mol. The van der Waals surface area contributed by atoms with Crippen LogP contribution in [0.25, 0.3) is 0 Å². The summed E-state index contributed by atoms with van der Waals surface area (Å²) in [6, 6.07) is 7.76. The summed E-state index contributed by atoms with van der Waals surface area (Å²) in [6.07, 6.45) is 1.44. The Bertz CT molecular complexity index is 369. The van der Waals surface area contributed by atoms with Crippen LogP contribution in [0.3, 0.4) is 0 Å². The lowest BCUT2D eigenvalue weighted by Gasteiger charge is -2.38. The second-order valence-corrected chi connectivity index (χ2v) is 5.13. The molecule has 2 N–H and O–H groups in total. The van der Waals surface area contributed by atoms with Gasteiger partial charge in [-0.2, -0.15) is 0 Å². The van der Waals surface area contributed by atoms with E-state index in [1.807, 2.05) is 24.3 Å². The molecule has 2 rings (SSSR count). The summed E-state index contributed by atoms with van der Waals surface area (Å²) < 4.78 is 0. The van der Waals surface area contributed by atoms with Gasteiger partial charge in [0.2, 0.25) is 0 Å². The molecule has 1 aliphatic rings. The van der Waals surface area contributed by atoms with Crippen LogP contribution in [0, 0.1) is 5.92 Å². The van der Waals surface area contributed by atoms with Crippen LogP contribution in [0.4, 0.5) is 0 Å². The molecule has 0 spiro atoms. The topological polar surface area (TPSA) is 32.3 Å². The SMILES string of the molecule is CC1CNCCC1(O)Cc1ccccc1Cl. The van der Waals surface area contributed by atoms with E-state index in [0.717, 1.165) is 30.1 Å². The van der Waals surface area contributed by atoms with Crippen molar-refractivity contribution in [3.05, 3.63) is 34.9 Å². The van der Waals surface area contributed by atoms with Crippen LogP contribution in [0.15, 0.2) is 24.3 Å². The van der Waals surface area contributed by atoms with E-state index in [2.05, 4.69) is 12.2 Å². The Hall–Kier alpha value is -0.570. The third-order valence-electron chi connectivity index (χ3n) is 3.56. The largest absolute Gasteiger partial charge is 0.389 e. The van der Waals surface area contributed by atoms with Gasteiger partial charge in [-0.25, -0.2) is 0 Å². The monoisotopic (exact) mass is 239 g/mol. The zero-order valence-corrected chi connectivity index (χ0v) is 10.3. The molecule has 1 saturated heterocycles. The van der Waals surface area contributed by atoms with E-state index in [1.54, 1.807) is 0 Å². The standard InChI is InChI=1S/C13H18ClNO/c1-10-9-15-7-6-13(10,16)8-11-4-2-3-5-12(11)14/h2-5,10,15-16H,6-9H2,1H3. The van der Waals surface area contributed by atoms with Crippen LogP contribution in [0.5, 0.6) is 0 Å². The molecule has 16 heavy (non-hydrogen) atoms. The van der Waals surface area contributed by atoms with E-state index < -0.39 is 5.60 Å². The number of benzene rings is 1. The zero-order valence-electron chi connectivity index (χ0n) is 9.54. The summed E-state index contributed by atoms with van der Waals surface area (Å²) in [5, 5.41) is 14.7. The molecule has 1 aromatic rings. The summed E-state index contributed by atoms with van der Waals surface area (Å²) in [5.74, 6) is 0.262. The van der Waals surface area contributed by atoms with Crippen molar-refractivity contribution in [3.63, 3.8) is 0 Å². The first kappa shape index (κ1) is 11.9. The first-order chi connectivity index (χ1) is 7.62. The number of hydrogen-bond acceptors (Lipinski definition) is 2. The zero-order chi connectivity index (χ0) is 11.6. The quantitative estimate of drug-likeness (QED) is 0.830. The minimum atomic E-state index is -0.615. The number of halogens is 1. The highest BCUT2D eigenvalue weighted by Crippen LogP contribution is 2.30. The van der Waals surface area contributed by atoms with Crippen molar-refractivity contribution in [2.45, 2.75) is 25.4 Å².